The van der Waals surface area contributed by atoms with Gasteiger partial charge in [0.15, 0.2) is 0 Å². The summed E-state index contributed by atoms with van der Waals surface area (Å²) in [5, 5.41) is 3.63. The minimum Gasteiger partial charge on any atom is -0.340 e. The second-order valence-corrected chi connectivity index (χ2v) is 5.04. The van der Waals surface area contributed by atoms with Crippen LogP contribution in [0.4, 0.5) is 5.95 Å². The van der Waals surface area contributed by atoms with E-state index in [1.54, 1.807) is 0 Å². The maximum Gasteiger partial charge on any atom is 0.205 e. The Hall–Kier alpha value is -1.29. The zero-order valence-corrected chi connectivity index (χ0v) is 10.2. The van der Waals surface area contributed by atoms with E-state index in [2.05, 4.69) is 26.3 Å². The number of hydrogen-bond acceptors (Lipinski definition) is 3. The summed E-state index contributed by atoms with van der Waals surface area (Å²) < 4.78 is 2.17. The van der Waals surface area contributed by atoms with Gasteiger partial charge in [0.2, 0.25) is 5.95 Å². The van der Waals surface area contributed by atoms with E-state index in [1.165, 1.54) is 19.4 Å². The normalized spacial score (nSPS) is 28.1. The van der Waals surface area contributed by atoms with E-state index in [-0.39, 0.29) is 0 Å². The summed E-state index contributed by atoms with van der Waals surface area (Å²) in [7, 11) is 0. The van der Waals surface area contributed by atoms with Crippen molar-refractivity contribution in [2.75, 3.05) is 24.5 Å². The van der Waals surface area contributed by atoms with Crippen molar-refractivity contribution in [1.29, 1.82) is 0 Å². The predicted octanol–water partition coefficient (Wildman–Crippen LogP) is 1.26. The maximum absolute atomic E-state index is 4.49. The molecule has 2 saturated heterocycles. The average molecular weight is 232 g/mol. The third kappa shape index (κ3) is 1.97. The molecule has 0 saturated carbocycles. The van der Waals surface area contributed by atoms with Crippen molar-refractivity contribution < 1.29 is 0 Å². The number of allylic oxidation sites excluding steroid dienone is 1. The van der Waals surface area contributed by atoms with Gasteiger partial charge in [-0.05, 0) is 25.3 Å². The summed E-state index contributed by atoms with van der Waals surface area (Å²) in [4.78, 5) is 6.90. The van der Waals surface area contributed by atoms with E-state index in [1.807, 2.05) is 18.5 Å². The maximum atomic E-state index is 4.49. The molecule has 0 bridgehead atoms. The van der Waals surface area contributed by atoms with Gasteiger partial charge in [-0.15, -0.1) is 6.58 Å². The summed E-state index contributed by atoms with van der Waals surface area (Å²) >= 11 is 0. The van der Waals surface area contributed by atoms with Gasteiger partial charge in [0, 0.05) is 38.1 Å². The molecule has 0 aromatic carbocycles. The van der Waals surface area contributed by atoms with Gasteiger partial charge in [-0.1, -0.05) is 6.08 Å². The Kier molecular flexibility index (Phi) is 2.89. The number of imidazole rings is 1. The number of nitrogens with zero attached hydrogens (tertiary/aromatic N) is 3. The van der Waals surface area contributed by atoms with E-state index in [4.69, 9.17) is 0 Å². The molecular formula is C13H20N4. The van der Waals surface area contributed by atoms with Gasteiger partial charge in [0.05, 0.1) is 0 Å². The molecule has 3 rings (SSSR count). The lowest BCUT2D eigenvalue weighted by atomic mass is 9.94. The molecule has 2 aliphatic rings. The monoisotopic (exact) mass is 232 g/mol. The lowest BCUT2D eigenvalue weighted by molar-refractivity contribution is 0.340. The van der Waals surface area contributed by atoms with E-state index < -0.39 is 0 Å². The van der Waals surface area contributed by atoms with Gasteiger partial charge in [-0.2, -0.15) is 0 Å². The number of nitrogens with one attached hydrogen (secondary N) is 1. The molecule has 2 fully saturated rings. The Morgan fingerprint density at radius 2 is 2.47 bits per heavy atom. The van der Waals surface area contributed by atoms with E-state index >= 15 is 0 Å². The number of aromatic nitrogens is 2. The van der Waals surface area contributed by atoms with E-state index in [0.717, 1.165) is 31.5 Å². The number of anilines is 1. The van der Waals surface area contributed by atoms with Crippen molar-refractivity contribution in [3.8, 4) is 0 Å². The molecule has 92 valence electrons. The highest BCUT2D eigenvalue weighted by atomic mass is 15.3. The fourth-order valence-corrected chi connectivity index (χ4v) is 3.08. The molecule has 3 heterocycles. The summed E-state index contributed by atoms with van der Waals surface area (Å²) in [6.45, 7) is 8.06. The quantitative estimate of drug-likeness (QED) is 0.796. The largest absolute Gasteiger partial charge is 0.340 e. The first kappa shape index (κ1) is 10.8. The lowest BCUT2D eigenvalue weighted by Gasteiger charge is -2.24. The molecule has 1 aromatic heterocycles. The van der Waals surface area contributed by atoms with Gasteiger partial charge in [0.1, 0.15) is 0 Å². The van der Waals surface area contributed by atoms with Crippen LogP contribution in [0.15, 0.2) is 25.0 Å². The van der Waals surface area contributed by atoms with Crippen molar-refractivity contribution >= 4 is 5.95 Å². The van der Waals surface area contributed by atoms with Gasteiger partial charge in [0.25, 0.3) is 0 Å². The Labute approximate surface area is 102 Å². The van der Waals surface area contributed by atoms with Crippen LogP contribution < -0.4 is 10.2 Å². The Morgan fingerprint density at radius 3 is 3.29 bits per heavy atom. The smallest absolute Gasteiger partial charge is 0.205 e. The average Bonchev–Trinajstić information content (AvgIpc) is 2.94. The zero-order valence-electron chi connectivity index (χ0n) is 10.2. The first-order chi connectivity index (χ1) is 8.38. The van der Waals surface area contributed by atoms with E-state index in [0.29, 0.717) is 6.04 Å². The first-order valence-electron chi connectivity index (χ1n) is 6.49. The van der Waals surface area contributed by atoms with Crippen LogP contribution in [-0.2, 0) is 6.54 Å². The number of hydrogen-bond donors (Lipinski definition) is 1. The molecule has 0 spiro atoms. The Bertz CT molecular complexity index is 384. The van der Waals surface area contributed by atoms with Crippen LogP contribution in [0.25, 0.3) is 0 Å². The molecule has 17 heavy (non-hydrogen) atoms. The van der Waals surface area contributed by atoms with Crippen LogP contribution in [0.1, 0.15) is 12.8 Å². The predicted molar refractivity (Wildman–Crippen MR) is 69.2 cm³/mol. The highest BCUT2D eigenvalue weighted by molar-refractivity contribution is 5.35. The minimum atomic E-state index is 0.664. The number of piperidine rings is 1. The second kappa shape index (κ2) is 4.53. The van der Waals surface area contributed by atoms with Crippen molar-refractivity contribution in [1.82, 2.24) is 14.9 Å². The molecule has 0 aliphatic carbocycles. The first-order valence-corrected chi connectivity index (χ1v) is 6.49. The van der Waals surface area contributed by atoms with Gasteiger partial charge in [-0.25, -0.2) is 4.98 Å². The zero-order chi connectivity index (χ0) is 11.7. The third-order valence-electron chi connectivity index (χ3n) is 3.90. The number of rotatable bonds is 3. The molecule has 2 atom stereocenters. The molecule has 1 N–H and O–H groups in total. The summed E-state index contributed by atoms with van der Waals surface area (Å²) in [6, 6.07) is 0.664. The van der Waals surface area contributed by atoms with Crippen LogP contribution in [0.2, 0.25) is 0 Å². The SMILES string of the molecule is C=CCn1ccnc1N1CC2CCCNC2C1. The van der Waals surface area contributed by atoms with Gasteiger partial charge < -0.3 is 14.8 Å². The van der Waals surface area contributed by atoms with Crippen LogP contribution in [0.5, 0.6) is 0 Å². The van der Waals surface area contributed by atoms with Crippen molar-refractivity contribution in [2.24, 2.45) is 5.92 Å². The topological polar surface area (TPSA) is 33.1 Å². The molecule has 0 amide bonds. The van der Waals surface area contributed by atoms with Crippen LogP contribution in [-0.4, -0.2) is 35.2 Å². The molecule has 4 nitrogen and oxygen atoms in total. The summed E-state index contributed by atoms with van der Waals surface area (Å²) in [5.41, 5.74) is 0. The molecular weight excluding hydrogens is 212 g/mol. The third-order valence-corrected chi connectivity index (χ3v) is 3.90. The standard InChI is InChI=1S/C13H20N4/c1-2-7-16-8-6-15-13(16)17-9-11-4-3-5-14-12(11)10-17/h2,6,8,11-12,14H,1,3-5,7,9-10H2. The summed E-state index contributed by atoms with van der Waals surface area (Å²) in [5.74, 6) is 1.90. The second-order valence-electron chi connectivity index (χ2n) is 5.04. The number of fused-ring (bicyclic) bond motifs is 1. The van der Waals surface area contributed by atoms with Gasteiger partial charge in [-0.3, -0.25) is 0 Å². The van der Waals surface area contributed by atoms with E-state index in [9.17, 15) is 0 Å². The Morgan fingerprint density at radius 1 is 1.53 bits per heavy atom. The van der Waals surface area contributed by atoms with Crippen LogP contribution in [0.3, 0.4) is 0 Å². The summed E-state index contributed by atoms with van der Waals surface area (Å²) in [6.07, 6.45) is 8.51. The lowest BCUT2D eigenvalue weighted by Crippen LogP contribution is -2.40. The highest BCUT2D eigenvalue weighted by Crippen LogP contribution is 2.28. The van der Waals surface area contributed by atoms with Crippen molar-refractivity contribution in [3.05, 3.63) is 25.0 Å². The molecule has 2 aliphatic heterocycles. The molecule has 4 heteroatoms. The van der Waals surface area contributed by atoms with Crippen LogP contribution >= 0.6 is 0 Å². The highest BCUT2D eigenvalue weighted by Gasteiger charge is 2.35. The fraction of sp³-hybridized carbons (Fsp3) is 0.615. The fourth-order valence-electron chi connectivity index (χ4n) is 3.08. The van der Waals surface area contributed by atoms with Gasteiger partial charge >= 0.3 is 0 Å². The minimum absolute atomic E-state index is 0.664. The van der Waals surface area contributed by atoms with Crippen molar-refractivity contribution in [3.63, 3.8) is 0 Å². The van der Waals surface area contributed by atoms with Crippen molar-refractivity contribution in [2.45, 2.75) is 25.4 Å². The van der Waals surface area contributed by atoms with Crippen LogP contribution in [0, 0.1) is 5.92 Å². The molecule has 1 aromatic rings. The Balaban J connectivity index is 1.76. The molecule has 0 radical (unpaired) electrons. The molecule has 2 unspecified atom stereocenters.